The lowest BCUT2D eigenvalue weighted by Crippen LogP contribution is -2.02. The third-order valence-electron chi connectivity index (χ3n) is 3.46. The van der Waals surface area contributed by atoms with E-state index in [1.54, 1.807) is 19.2 Å². The molecule has 0 aliphatic heterocycles. The van der Waals surface area contributed by atoms with Crippen molar-refractivity contribution in [3.63, 3.8) is 0 Å². The summed E-state index contributed by atoms with van der Waals surface area (Å²) in [6.07, 6.45) is 0. The number of rotatable bonds is 5. The second-order valence-electron chi connectivity index (χ2n) is 5.05. The highest BCUT2D eigenvalue weighted by Crippen LogP contribution is 2.29. The van der Waals surface area contributed by atoms with Crippen molar-refractivity contribution in [3.8, 4) is 17.0 Å². The predicted octanol–water partition coefficient (Wildman–Crippen LogP) is 4.59. The van der Waals surface area contributed by atoms with Crippen LogP contribution >= 0.6 is 11.6 Å². The van der Waals surface area contributed by atoms with Gasteiger partial charge in [-0.2, -0.15) is 4.98 Å². The lowest BCUT2D eigenvalue weighted by Gasteiger charge is -2.11. The molecular weight excluding hydrogens is 324 g/mol. The fourth-order valence-corrected chi connectivity index (χ4v) is 2.52. The Morgan fingerprint density at radius 3 is 2.46 bits per heavy atom. The normalized spacial score (nSPS) is 10.3. The molecule has 0 aliphatic carbocycles. The number of nitrogens with one attached hydrogen (secondary N) is 2. The van der Waals surface area contributed by atoms with Gasteiger partial charge in [0.25, 0.3) is 0 Å². The van der Waals surface area contributed by atoms with Crippen molar-refractivity contribution in [3.05, 3.63) is 59.6 Å². The van der Waals surface area contributed by atoms with Gasteiger partial charge in [-0.1, -0.05) is 41.9 Å². The van der Waals surface area contributed by atoms with Gasteiger partial charge >= 0.3 is 0 Å². The van der Waals surface area contributed by atoms with Crippen LogP contribution in [0.2, 0.25) is 5.02 Å². The van der Waals surface area contributed by atoms with E-state index in [2.05, 4.69) is 20.6 Å². The Labute approximate surface area is 145 Å². The SMILES string of the molecule is CNc1cc(-c2ccccc2)nc(Nc2ccc(OC)c(Cl)c2)n1. The summed E-state index contributed by atoms with van der Waals surface area (Å²) in [4.78, 5) is 9.02. The molecule has 6 heteroatoms. The van der Waals surface area contributed by atoms with Crippen LogP contribution in [0.25, 0.3) is 11.3 Å². The molecule has 2 aromatic carbocycles. The predicted molar refractivity (Wildman–Crippen MR) is 98.3 cm³/mol. The molecule has 122 valence electrons. The molecule has 0 amide bonds. The van der Waals surface area contributed by atoms with Gasteiger partial charge in [0.05, 0.1) is 17.8 Å². The average Bonchev–Trinajstić information content (AvgIpc) is 2.62. The Bertz CT molecular complexity index is 840. The molecular formula is C18H17ClN4O. The minimum absolute atomic E-state index is 0.488. The molecule has 1 aromatic heterocycles. The van der Waals surface area contributed by atoms with E-state index in [-0.39, 0.29) is 0 Å². The summed E-state index contributed by atoms with van der Waals surface area (Å²) in [5.74, 6) is 1.84. The van der Waals surface area contributed by atoms with Crippen molar-refractivity contribution in [2.75, 3.05) is 24.8 Å². The standard InChI is InChI=1S/C18H17ClN4O/c1-20-17-11-15(12-6-4-3-5-7-12)22-18(23-17)21-13-8-9-16(24-2)14(19)10-13/h3-11H,1-2H3,(H2,20,21,22,23). The van der Waals surface area contributed by atoms with Crippen LogP contribution in [-0.4, -0.2) is 24.1 Å². The molecule has 0 spiro atoms. The molecule has 3 aromatic rings. The van der Waals surface area contributed by atoms with Crippen LogP contribution in [0.15, 0.2) is 54.6 Å². The first-order valence-corrected chi connectivity index (χ1v) is 7.80. The number of nitrogens with zero attached hydrogens (tertiary/aromatic N) is 2. The summed E-state index contributed by atoms with van der Waals surface area (Å²) >= 11 is 6.16. The molecule has 0 saturated heterocycles. The first kappa shape index (κ1) is 16.1. The maximum Gasteiger partial charge on any atom is 0.229 e. The van der Waals surface area contributed by atoms with Gasteiger partial charge in [0, 0.05) is 24.4 Å². The largest absolute Gasteiger partial charge is 0.495 e. The number of anilines is 3. The van der Waals surface area contributed by atoms with E-state index in [4.69, 9.17) is 16.3 Å². The minimum atomic E-state index is 0.488. The molecule has 0 atom stereocenters. The highest BCUT2D eigenvalue weighted by molar-refractivity contribution is 6.32. The molecule has 0 saturated carbocycles. The van der Waals surface area contributed by atoms with Crippen molar-refractivity contribution >= 4 is 29.1 Å². The number of ether oxygens (including phenoxy) is 1. The topological polar surface area (TPSA) is 59.1 Å². The van der Waals surface area contributed by atoms with E-state index in [0.717, 1.165) is 22.8 Å². The van der Waals surface area contributed by atoms with E-state index in [1.165, 1.54) is 0 Å². The fourth-order valence-electron chi connectivity index (χ4n) is 2.26. The number of hydrogen-bond acceptors (Lipinski definition) is 5. The van der Waals surface area contributed by atoms with E-state index >= 15 is 0 Å². The van der Waals surface area contributed by atoms with Gasteiger partial charge in [0.15, 0.2) is 0 Å². The Morgan fingerprint density at radius 2 is 1.79 bits per heavy atom. The zero-order valence-electron chi connectivity index (χ0n) is 13.4. The number of halogens is 1. The van der Waals surface area contributed by atoms with Gasteiger partial charge in [-0.25, -0.2) is 4.98 Å². The molecule has 5 nitrogen and oxygen atoms in total. The van der Waals surface area contributed by atoms with Crippen molar-refractivity contribution in [1.82, 2.24) is 9.97 Å². The second kappa shape index (κ2) is 7.19. The fraction of sp³-hybridized carbons (Fsp3) is 0.111. The smallest absolute Gasteiger partial charge is 0.229 e. The second-order valence-corrected chi connectivity index (χ2v) is 5.46. The molecule has 0 bridgehead atoms. The number of benzene rings is 2. The van der Waals surface area contributed by atoms with E-state index in [1.807, 2.05) is 49.5 Å². The third-order valence-corrected chi connectivity index (χ3v) is 3.76. The molecule has 1 heterocycles. The van der Waals surface area contributed by atoms with Gasteiger partial charge in [-0.05, 0) is 18.2 Å². The number of aromatic nitrogens is 2. The van der Waals surface area contributed by atoms with E-state index in [0.29, 0.717) is 16.7 Å². The third kappa shape index (κ3) is 3.58. The Hall–Kier alpha value is -2.79. The van der Waals surface area contributed by atoms with Crippen LogP contribution < -0.4 is 15.4 Å². The maximum absolute atomic E-state index is 6.16. The van der Waals surface area contributed by atoms with E-state index < -0.39 is 0 Å². The summed E-state index contributed by atoms with van der Waals surface area (Å²) in [6.45, 7) is 0. The lowest BCUT2D eigenvalue weighted by atomic mass is 10.1. The van der Waals surface area contributed by atoms with Crippen molar-refractivity contribution < 1.29 is 4.74 Å². The number of hydrogen-bond donors (Lipinski definition) is 2. The highest BCUT2D eigenvalue weighted by atomic mass is 35.5. The Morgan fingerprint density at radius 1 is 1.00 bits per heavy atom. The number of methoxy groups -OCH3 is 1. The van der Waals surface area contributed by atoms with Crippen LogP contribution in [0.1, 0.15) is 0 Å². The Kier molecular flexibility index (Phi) is 4.82. The molecule has 0 fully saturated rings. The van der Waals surface area contributed by atoms with Crippen LogP contribution in [-0.2, 0) is 0 Å². The summed E-state index contributed by atoms with van der Waals surface area (Å²) in [6, 6.07) is 17.3. The first-order chi connectivity index (χ1) is 11.7. The van der Waals surface area contributed by atoms with Crippen molar-refractivity contribution in [1.29, 1.82) is 0 Å². The summed E-state index contributed by atoms with van der Waals surface area (Å²) in [5, 5.41) is 6.76. The molecule has 0 radical (unpaired) electrons. The molecule has 24 heavy (non-hydrogen) atoms. The zero-order valence-corrected chi connectivity index (χ0v) is 14.1. The zero-order chi connectivity index (χ0) is 16.9. The van der Waals surface area contributed by atoms with Gasteiger partial charge in [0.2, 0.25) is 5.95 Å². The molecule has 2 N–H and O–H groups in total. The maximum atomic E-state index is 6.16. The highest BCUT2D eigenvalue weighted by Gasteiger charge is 2.08. The summed E-state index contributed by atoms with van der Waals surface area (Å²) in [5.41, 5.74) is 2.64. The summed E-state index contributed by atoms with van der Waals surface area (Å²) in [7, 11) is 3.41. The van der Waals surface area contributed by atoms with Gasteiger partial charge in [-0.3, -0.25) is 0 Å². The summed E-state index contributed by atoms with van der Waals surface area (Å²) < 4.78 is 5.16. The lowest BCUT2D eigenvalue weighted by molar-refractivity contribution is 0.415. The molecule has 0 aliphatic rings. The van der Waals surface area contributed by atoms with Gasteiger partial charge in [0.1, 0.15) is 11.6 Å². The minimum Gasteiger partial charge on any atom is -0.495 e. The average molecular weight is 341 g/mol. The van der Waals surface area contributed by atoms with Crippen molar-refractivity contribution in [2.24, 2.45) is 0 Å². The van der Waals surface area contributed by atoms with Crippen LogP contribution in [0, 0.1) is 0 Å². The monoisotopic (exact) mass is 340 g/mol. The van der Waals surface area contributed by atoms with Crippen LogP contribution in [0.4, 0.5) is 17.5 Å². The molecule has 0 unspecified atom stereocenters. The van der Waals surface area contributed by atoms with E-state index in [9.17, 15) is 0 Å². The Balaban J connectivity index is 1.94. The molecule has 3 rings (SSSR count). The quantitative estimate of drug-likeness (QED) is 0.711. The first-order valence-electron chi connectivity index (χ1n) is 7.42. The van der Waals surface area contributed by atoms with Crippen LogP contribution in [0.3, 0.4) is 0 Å². The van der Waals surface area contributed by atoms with Gasteiger partial charge < -0.3 is 15.4 Å². The van der Waals surface area contributed by atoms with Gasteiger partial charge in [-0.15, -0.1) is 0 Å². The van der Waals surface area contributed by atoms with Crippen LogP contribution in [0.5, 0.6) is 5.75 Å². The van der Waals surface area contributed by atoms with Crippen molar-refractivity contribution in [2.45, 2.75) is 0 Å².